The van der Waals surface area contributed by atoms with Crippen LogP contribution in [0.5, 0.6) is 0 Å². The van der Waals surface area contributed by atoms with Crippen LogP contribution in [0.2, 0.25) is 0 Å². The number of amides is 1. The van der Waals surface area contributed by atoms with E-state index in [2.05, 4.69) is 39.7 Å². The SMILES string of the molecule is CCCc1c(Cc2ccc(-c3ccccc3)c(C3=NNC(=O)C3)c2)c(=O)n(Cc2nc3ccccc3n2C)c2ncnn12. The highest BCUT2D eigenvalue weighted by Crippen LogP contribution is 2.28. The van der Waals surface area contributed by atoms with E-state index in [-0.39, 0.29) is 24.4 Å². The molecule has 0 saturated heterocycles. The largest absolute Gasteiger partial charge is 0.330 e. The maximum absolute atomic E-state index is 14.4. The number of aryl methyl sites for hydroxylation is 2. The number of para-hydroxylation sites is 2. The van der Waals surface area contributed by atoms with Crippen LogP contribution < -0.4 is 11.0 Å². The van der Waals surface area contributed by atoms with Crippen molar-refractivity contribution in [2.75, 3.05) is 0 Å². The van der Waals surface area contributed by atoms with Crippen molar-refractivity contribution in [3.8, 4) is 11.1 Å². The van der Waals surface area contributed by atoms with E-state index in [1.54, 1.807) is 9.08 Å². The van der Waals surface area contributed by atoms with E-state index in [0.29, 0.717) is 29.9 Å². The van der Waals surface area contributed by atoms with Gasteiger partial charge in [0.1, 0.15) is 12.2 Å². The minimum atomic E-state index is -0.133. The zero-order valence-electron chi connectivity index (χ0n) is 24.0. The highest BCUT2D eigenvalue weighted by atomic mass is 16.2. The number of nitrogens with one attached hydrogen (secondary N) is 1. The van der Waals surface area contributed by atoms with Crippen LogP contribution in [-0.2, 0) is 31.2 Å². The number of hydrazone groups is 1. The van der Waals surface area contributed by atoms with Crippen LogP contribution in [0.25, 0.3) is 27.9 Å². The second-order valence-corrected chi connectivity index (χ2v) is 10.8. The molecule has 0 fully saturated rings. The summed E-state index contributed by atoms with van der Waals surface area (Å²) in [6, 6.07) is 24.1. The summed E-state index contributed by atoms with van der Waals surface area (Å²) < 4.78 is 5.48. The maximum atomic E-state index is 14.4. The predicted molar refractivity (Wildman–Crippen MR) is 165 cm³/mol. The van der Waals surface area contributed by atoms with Gasteiger partial charge in [-0.1, -0.05) is 67.9 Å². The van der Waals surface area contributed by atoms with E-state index in [1.165, 1.54) is 6.33 Å². The minimum Gasteiger partial charge on any atom is -0.330 e. The van der Waals surface area contributed by atoms with Crippen LogP contribution in [0, 0.1) is 0 Å². The molecule has 0 saturated carbocycles. The number of rotatable bonds is 8. The van der Waals surface area contributed by atoms with Gasteiger partial charge >= 0.3 is 0 Å². The molecule has 3 aromatic carbocycles. The molecular weight excluding hydrogens is 540 g/mol. The zero-order chi connectivity index (χ0) is 29.5. The number of imidazole rings is 1. The number of fused-ring (bicyclic) bond motifs is 2. The van der Waals surface area contributed by atoms with E-state index in [9.17, 15) is 9.59 Å². The molecule has 0 atom stereocenters. The summed E-state index contributed by atoms with van der Waals surface area (Å²) in [4.78, 5) is 35.7. The molecule has 0 spiro atoms. The third-order valence-electron chi connectivity index (χ3n) is 8.05. The highest BCUT2D eigenvalue weighted by Gasteiger charge is 2.23. The van der Waals surface area contributed by atoms with Crippen molar-refractivity contribution in [2.45, 2.75) is 39.2 Å². The van der Waals surface area contributed by atoms with Crippen molar-refractivity contribution in [1.29, 1.82) is 0 Å². The van der Waals surface area contributed by atoms with Gasteiger partial charge in [0.25, 0.3) is 5.56 Å². The fourth-order valence-corrected chi connectivity index (χ4v) is 5.94. The first-order chi connectivity index (χ1) is 21.0. The molecule has 7 rings (SSSR count). The Balaban J connectivity index is 1.36. The number of hydrogen-bond acceptors (Lipinski definition) is 6. The van der Waals surface area contributed by atoms with E-state index in [0.717, 1.165) is 51.2 Å². The van der Waals surface area contributed by atoms with Crippen molar-refractivity contribution in [3.05, 3.63) is 118 Å². The van der Waals surface area contributed by atoms with E-state index >= 15 is 0 Å². The van der Waals surface area contributed by atoms with Crippen LogP contribution >= 0.6 is 0 Å². The van der Waals surface area contributed by atoms with Gasteiger partial charge < -0.3 is 4.57 Å². The molecule has 4 heterocycles. The van der Waals surface area contributed by atoms with Crippen molar-refractivity contribution in [3.63, 3.8) is 0 Å². The molecule has 10 heteroatoms. The van der Waals surface area contributed by atoms with Crippen LogP contribution in [0.4, 0.5) is 0 Å². The van der Waals surface area contributed by atoms with E-state index in [1.807, 2.05) is 72.3 Å². The third-order valence-corrected chi connectivity index (χ3v) is 8.05. The molecule has 0 unspecified atom stereocenters. The lowest BCUT2D eigenvalue weighted by atomic mass is 9.91. The lowest BCUT2D eigenvalue weighted by Crippen LogP contribution is -2.30. The van der Waals surface area contributed by atoms with Gasteiger partial charge in [-0.15, -0.1) is 0 Å². The van der Waals surface area contributed by atoms with Gasteiger partial charge in [-0.2, -0.15) is 15.2 Å². The Morgan fingerprint density at radius 3 is 2.53 bits per heavy atom. The van der Waals surface area contributed by atoms with Crippen molar-refractivity contribution >= 4 is 28.4 Å². The van der Waals surface area contributed by atoms with Gasteiger partial charge in [-0.05, 0) is 41.3 Å². The third kappa shape index (κ3) is 4.70. The Labute approximate surface area is 247 Å². The predicted octanol–water partition coefficient (Wildman–Crippen LogP) is 4.26. The fourth-order valence-electron chi connectivity index (χ4n) is 5.94. The lowest BCUT2D eigenvalue weighted by molar-refractivity contribution is -0.119. The highest BCUT2D eigenvalue weighted by molar-refractivity contribution is 6.16. The number of carbonyl (C=O) groups excluding carboxylic acids is 1. The summed E-state index contributed by atoms with van der Waals surface area (Å²) in [5.74, 6) is 1.12. The van der Waals surface area contributed by atoms with Crippen LogP contribution in [0.3, 0.4) is 0 Å². The number of benzene rings is 3. The molecule has 1 aliphatic rings. The van der Waals surface area contributed by atoms with E-state index in [4.69, 9.17) is 4.98 Å². The molecule has 0 bridgehead atoms. The Kier molecular flexibility index (Phi) is 6.65. The molecule has 1 amide bonds. The number of hydrogen-bond donors (Lipinski definition) is 1. The first-order valence-electron chi connectivity index (χ1n) is 14.4. The average Bonchev–Trinajstić information content (AvgIpc) is 3.77. The van der Waals surface area contributed by atoms with Crippen molar-refractivity contribution in [1.82, 2.24) is 34.1 Å². The molecule has 10 nitrogen and oxygen atoms in total. The molecule has 0 aliphatic carbocycles. The first-order valence-corrected chi connectivity index (χ1v) is 14.4. The molecule has 0 radical (unpaired) electrons. The van der Waals surface area contributed by atoms with Crippen molar-refractivity contribution in [2.24, 2.45) is 12.1 Å². The van der Waals surface area contributed by atoms with Crippen LogP contribution in [-0.4, -0.2) is 40.3 Å². The lowest BCUT2D eigenvalue weighted by Gasteiger charge is -2.16. The number of carbonyl (C=O) groups is 1. The first kappa shape index (κ1) is 26.5. The summed E-state index contributed by atoms with van der Waals surface area (Å²) in [6.45, 7) is 2.35. The van der Waals surface area contributed by atoms with Crippen LogP contribution in [0.15, 0.2) is 89.0 Å². The standard InChI is InChI=1S/C33H30N8O2/c1-3-9-28-25(17-21-14-15-23(22-10-5-4-6-11-22)24(16-21)27-18-31(42)38-37-27)32(43)40(33-34-20-35-41(28)33)19-30-36-26-12-7-8-13-29(26)39(30)2/h4-8,10-16,20H,3,9,17-19H2,1-2H3,(H,38,42). The van der Waals surface area contributed by atoms with Gasteiger partial charge in [0.05, 0.1) is 35.4 Å². The minimum absolute atomic E-state index is 0.111. The molecular formula is C33H30N8O2. The second kappa shape index (κ2) is 10.8. The van der Waals surface area contributed by atoms with Gasteiger partial charge in [0.2, 0.25) is 11.7 Å². The van der Waals surface area contributed by atoms with Gasteiger partial charge in [-0.25, -0.2) is 14.9 Å². The fraction of sp³-hybridized carbons (Fsp3) is 0.212. The monoisotopic (exact) mass is 570 g/mol. The normalized spacial score (nSPS) is 13.2. The van der Waals surface area contributed by atoms with Crippen molar-refractivity contribution < 1.29 is 4.79 Å². The summed E-state index contributed by atoms with van der Waals surface area (Å²) in [7, 11) is 1.96. The zero-order valence-corrected chi connectivity index (χ0v) is 24.0. The Morgan fingerprint density at radius 1 is 0.953 bits per heavy atom. The van der Waals surface area contributed by atoms with Gasteiger partial charge in [0, 0.05) is 24.6 Å². The molecule has 214 valence electrons. The molecule has 43 heavy (non-hydrogen) atoms. The molecule has 1 N–H and O–H groups in total. The summed E-state index contributed by atoms with van der Waals surface area (Å²) in [5.41, 5.74) is 10.4. The summed E-state index contributed by atoms with van der Waals surface area (Å²) in [6.07, 6.45) is 3.62. The topological polar surface area (TPSA) is 111 Å². The Bertz CT molecular complexity index is 2100. The quantitative estimate of drug-likeness (QED) is 0.294. The average molecular weight is 571 g/mol. The van der Waals surface area contributed by atoms with Gasteiger partial charge in [-0.3, -0.25) is 14.2 Å². The molecule has 1 aliphatic heterocycles. The summed E-state index contributed by atoms with van der Waals surface area (Å²) in [5, 5.41) is 8.87. The second-order valence-electron chi connectivity index (χ2n) is 10.8. The molecule has 6 aromatic rings. The maximum Gasteiger partial charge on any atom is 0.259 e. The molecule has 3 aromatic heterocycles. The van der Waals surface area contributed by atoms with E-state index < -0.39 is 0 Å². The Morgan fingerprint density at radius 2 is 1.77 bits per heavy atom. The van der Waals surface area contributed by atoms with Gasteiger partial charge in [0.15, 0.2) is 0 Å². The smallest absolute Gasteiger partial charge is 0.259 e. The van der Waals surface area contributed by atoms with Crippen LogP contribution in [0.1, 0.15) is 48.0 Å². The Hall–Kier alpha value is -5.38. The number of aromatic nitrogens is 6. The summed E-state index contributed by atoms with van der Waals surface area (Å²) >= 11 is 0. The number of nitrogens with zero attached hydrogens (tertiary/aromatic N) is 7.